The van der Waals surface area contributed by atoms with Gasteiger partial charge in [-0.3, -0.25) is 0 Å². The standard InChI is InChI=1S/C11H13N5O3S/c1-3-12-11-8(14-15-20-11)6-19-9-5-4-7(2)13-10(9)16(17)18/h4-5,12H,3,6H2,1-2H3. The highest BCUT2D eigenvalue weighted by molar-refractivity contribution is 7.10. The number of aryl methyl sites for hydroxylation is 1. The topological polar surface area (TPSA) is 103 Å². The number of rotatable bonds is 6. The molecule has 0 aromatic carbocycles. The van der Waals surface area contributed by atoms with Gasteiger partial charge in [-0.25, -0.2) is 0 Å². The molecule has 0 radical (unpaired) electrons. The molecule has 0 fully saturated rings. The van der Waals surface area contributed by atoms with Crippen LogP contribution in [0, 0.1) is 17.0 Å². The summed E-state index contributed by atoms with van der Waals surface area (Å²) in [6, 6.07) is 3.19. The Morgan fingerprint density at radius 1 is 1.50 bits per heavy atom. The zero-order chi connectivity index (χ0) is 14.5. The van der Waals surface area contributed by atoms with Gasteiger partial charge < -0.3 is 20.2 Å². The van der Waals surface area contributed by atoms with Crippen LogP contribution in [0.1, 0.15) is 18.3 Å². The number of ether oxygens (including phenoxy) is 1. The van der Waals surface area contributed by atoms with Gasteiger partial charge in [0, 0.05) is 25.0 Å². The average Bonchev–Trinajstić information content (AvgIpc) is 2.85. The molecule has 0 unspecified atom stereocenters. The Labute approximate surface area is 119 Å². The lowest BCUT2D eigenvalue weighted by Gasteiger charge is -2.06. The predicted octanol–water partition coefficient (Wildman–Crippen LogP) is 2.16. The molecular formula is C11H13N5O3S. The van der Waals surface area contributed by atoms with Gasteiger partial charge in [0.05, 0.1) is 0 Å². The molecule has 0 aliphatic heterocycles. The van der Waals surface area contributed by atoms with Crippen molar-refractivity contribution in [2.45, 2.75) is 20.5 Å². The molecule has 20 heavy (non-hydrogen) atoms. The number of hydrogen-bond donors (Lipinski definition) is 1. The minimum absolute atomic E-state index is 0.102. The summed E-state index contributed by atoms with van der Waals surface area (Å²) in [5, 5.41) is 18.8. The van der Waals surface area contributed by atoms with Crippen molar-refractivity contribution < 1.29 is 9.66 Å². The van der Waals surface area contributed by atoms with Gasteiger partial charge in [-0.1, -0.05) is 4.49 Å². The number of nitrogens with zero attached hydrogens (tertiary/aromatic N) is 4. The van der Waals surface area contributed by atoms with Gasteiger partial charge in [0.1, 0.15) is 23.0 Å². The number of aromatic nitrogens is 3. The molecular weight excluding hydrogens is 282 g/mol. The zero-order valence-corrected chi connectivity index (χ0v) is 11.8. The summed E-state index contributed by atoms with van der Waals surface area (Å²) >= 11 is 1.22. The van der Waals surface area contributed by atoms with E-state index in [1.807, 2.05) is 6.92 Å². The fourth-order valence-corrected chi connectivity index (χ4v) is 2.15. The van der Waals surface area contributed by atoms with Crippen LogP contribution in [-0.4, -0.2) is 26.0 Å². The molecule has 0 atom stereocenters. The molecule has 1 N–H and O–H groups in total. The van der Waals surface area contributed by atoms with E-state index in [-0.39, 0.29) is 18.2 Å². The molecule has 9 heteroatoms. The van der Waals surface area contributed by atoms with Crippen molar-refractivity contribution in [1.29, 1.82) is 0 Å². The normalized spacial score (nSPS) is 10.3. The quantitative estimate of drug-likeness (QED) is 0.643. The van der Waals surface area contributed by atoms with Crippen molar-refractivity contribution in [2.24, 2.45) is 0 Å². The van der Waals surface area contributed by atoms with E-state index in [2.05, 4.69) is 19.9 Å². The Morgan fingerprint density at radius 2 is 2.30 bits per heavy atom. The Kier molecular flexibility index (Phi) is 4.41. The molecule has 8 nitrogen and oxygen atoms in total. The first-order valence-corrected chi connectivity index (χ1v) is 6.69. The highest BCUT2D eigenvalue weighted by Crippen LogP contribution is 2.26. The lowest BCUT2D eigenvalue weighted by atomic mass is 10.3. The first-order chi connectivity index (χ1) is 9.61. The van der Waals surface area contributed by atoms with Crippen LogP contribution in [0.2, 0.25) is 0 Å². The molecule has 106 valence electrons. The summed E-state index contributed by atoms with van der Waals surface area (Å²) in [6.45, 7) is 4.48. The molecule has 0 saturated carbocycles. The van der Waals surface area contributed by atoms with Crippen molar-refractivity contribution in [2.75, 3.05) is 11.9 Å². The third-order valence-electron chi connectivity index (χ3n) is 2.41. The number of nitro groups is 1. The molecule has 0 amide bonds. The Balaban J connectivity index is 2.14. The summed E-state index contributed by atoms with van der Waals surface area (Å²) in [6.07, 6.45) is 0. The first kappa shape index (κ1) is 14.1. The second-order valence-corrected chi connectivity index (χ2v) is 4.65. The molecule has 0 bridgehead atoms. The van der Waals surface area contributed by atoms with Gasteiger partial charge in [-0.15, -0.1) is 5.10 Å². The summed E-state index contributed by atoms with van der Waals surface area (Å²) in [5.41, 5.74) is 1.18. The molecule has 2 rings (SSSR count). The van der Waals surface area contributed by atoms with Gasteiger partial charge in [0.15, 0.2) is 0 Å². The molecule has 2 aromatic rings. The van der Waals surface area contributed by atoms with E-state index in [9.17, 15) is 10.1 Å². The second kappa shape index (κ2) is 6.24. The van der Waals surface area contributed by atoms with E-state index in [0.717, 1.165) is 11.5 Å². The lowest BCUT2D eigenvalue weighted by molar-refractivity contribution is -0.390. The fraction of sp³-hybridized carbons (Fsp3) is 0.364. The molecule has 0 aliphatic carbocycles. The Morgan fingerprint density at radius 3 is 3.00 bits per heavy atom. The van der Waals surface area contributed by atoms with Crippen molar-refractivity contribution >= 4 is 22.4 Å². The number of anilines is 1. The zero-order valence-electron chi connectivity index (χ0n) is 11.0. The number of hydrogen-bond acceptors (Lipinski definition) is 8. The molecule has 2 aromatic heterocycles. The molecule has 0 aliphatic rings. The maximum Gasteiger partial charge on any atom is 0.406 e. The lowest BCUT2D eigenvalue weighted by Crippen LogP contribution is -2.04. The van der Waals surface area contributed by atoms with E-state index >= 15 is 0 Å². The smallest absolute Gasteiger partial charge is 0.406 e. The summed E-state index contributed by atoms with van der Waals surface area (Å²) in [5.74, 6) is -0.172. The van der Waals surface area contributed by atoms with Crippen LogP contribution in [0.15, 0.2) is 12.1 Å². The van der Waals surface area contributed by atoms with E-state index in [1.165, 1.54) is 17.6 Å². The number of pyridine rings is 1. The molecule has 2 heterocycles. The van der Waals surface area contributed by atoms with Crippen LogP contribution in [0.3, 0.4) is 0 Å². The van der Waals surface area contributed by atoms with Crippen LogP contribution >= 0.6 is 11.5 Å². The third-order valence-corrected chi connectivity index (χ3v) is 3.13. The van der Waals surface area contributed by atoms with Crippen molar-refractivity contribution in [1.82, 2.24) is 14.6 Å². The average molecular weight is 295 g/mol. The van der Waals surface area contributed by atoms with E-state index in [0.29, 0.717) is 11.4 Å². The van der Waals surface area contributed by atoms with E-state index in [4.69, 9.17) is 4.74 Å². The molecule has 0 spiro atoms. The van der Waals surface area contributed by atoms with E-state index < -0.39 is 4.92 Å². The van der Waals surface area contributed by atoms with Gasteiger partial charge in [0.2, 0.25) is 5.75 Å². The highest BCUT2D eigenvalue weighted by atomic mass is 32.1. The van der Waals surface area contributed by atoms with E-state index in [1.54, 1.807) is 13.0 Å². The maximum absolute atomic E-state index is 10.9. The Hall–Kier alpha value is -2.29. The van der Waals surface area contributed by atoms with Gasteiger partial charge >= 0.3 is 5.82 Å². The van der Waals surface area contributed by atoms with Crippen LogP contribution in [0.4, 0.5) is 10.8 Å². The fourth-order valence-electron chi connectivity index (χ4n) is 1.52. The largest absolute Gasteiger partial charge is 0.479 e. The predicted molar refractivity (Wildman–Crippen MR) is 74.0 cm³/mol. The number of nitrogens with one attached hydrogen (secondary N) is 1. The minimum atomic E-state index is -0.563. The minimum Gasteiger partial charge on any atom is -0.479 e. The SMILES string of the molecule is CCNc1snnc1COc1ccc(C)nc1[N+](=O)[O-]. The van der Waals surface area contributed by atoms with Crippen LogP contribution < -0.4 is 10.1 Å². The maximum atomic E-state index is 10.9. The van der Waals surface area contributed by atoms with Crippen molar-refractivity contribution in [3.8, 4) is 5.75 Å². The summed E-state index contributed by atoms with van der Waals surface area (Å²) in [7, 11) is 0. The highest BCUT2D eigenvalue weighted by Gasteiger charge is 2.18. The first-order valence-electron chi connectivity index (χ1n) is 5.91. The van der Waals surface area contributed by atoms with Gasteiger partial charge in [-0.05, 0) is 29.0 Å². The van der Waals surface area contributed by atoms with Gasteiger partial charge in [0.25, 0.3) is 0 Å². The molecule has 0 saturated heterocycles. The van der Waals surface area contributed by atoms with Gasteiger partial charge in [-0.2, -0.15) is 0 Å². The van der Waals surface area contributed by atoms with Crippen LogP contribution in [0.5, 0.6) is 5.75 Å². The summed E-state index contributed by atoms with van der Waals surface area (Å²) in [4.78, 5) is 14.2. The third kappa shape index (κ3) is 3.18. The van der Waals surface area contributed by atoms with Crippen LogP contribution in [0.25, 0.3) is 0 Å². The second-order valence-electron chi connectivity index (χ2n) is 3.90. The summed E-state index contributed by atoms with van der Waals surface area (Å²) < 4.78 is 9.27. The van der Waals surface area contributed by atoms with Crippen molar-refractivity contribution in [3.05, 3.63) is 33.6 Å². The monoisotopic (exact) mass is 295 g/mol. The Bertz CT molecular complexity index is 616. The van der Waals surface area contributed by atoms with Crippen molar-refractivity contribution in [3.63, 3.8) is 0 Å². The van der Waals surface area contributed by atoms with Crippen LogP contribution in [-0.2, 0) is 6.61 Å².